The maximum Gasteiger partial charge on any atom is 0.326 e. The smallest absolute Gasteiger partial charge is 0.326 e. The van der Waals surface area contributed by atoms with Crippen molar-refractivity contribution in [3.63, 3.8) is 0 Å². The van der Waals surface area contributed by atoms with Crippen LogP contribution in [0.1, 0.15) is 51.2 Å². The summed E-state index contributed by atoms with van der Waals surface area (Å²) in [5.41, 5.74) is 3.39. The number of nitrogens with zero attached hydrogens (tertiary/aromatic N) is 2. The van der Waals surface area contributed by atoms with Crippen LogP contribution in [0.3, 0.4) is 0 Å². The van der Waals surface area contributed by atoms with Gasteiger partial charge in [-0.2, -0.15) is 0 Å². The highest BCUT2D eigenvalue weighted by molar-refractivity contribution is 8.18. The Balaban J connectivity index is 1.85. The second-order valence-corrected chi connectivity index (χ2v) is 8.86. The second kappa shape index (κ2) is 7.62. The summed E-state index contributed by atoms with van der Waals surface area (Å²) in [4.78, 5) is 39.9. The summed E-state index contributed by atoms with van der Waals surface area (Å²) in [6, 6.07) is 6.12. The minimum atomic E-state index is -0.584. The number of fused-ring (bicyclic) bond motifs is 1. The van der Waals surface area contributed by atoms with Crippen molar-refractivity contribution in [3.8, 4) is 0 Å². The van der Waals surface area contributed by atoms with E-state index in [1.54, 1.807) is 13.0 Å². The Morgan fingerprint density at radius 2 is 2.07 bits per heavy atom. The highest BCUT2D eigenvalue weighted by atomic mass is 32.2. The minimum absolute atomic E-state index is 0.0870. The fourth-order valence-corrected chi connectivity index (χ4v) is 4.65. The van der Waals surface area contributed by atoms with E-state index >= 15 is 0 Å². The monoisotopic (exact) mass is 402 g/mol. The normalized spacial score (nSPS) is 22.6. The van der Waals surface area contributed by atoms with E-state index < -0.39 is 17.1 Å². The number of carbonyl (C=O) groups excluding carboxylic acids is 3. The van der Waals surface area contributed by atoms with Gasteiger partial charge in [0.15, 0.2) is 0 Å². The van der Waals surface area contributed by atoms with Crippen molar-refractivity contribution >= 4 is 40.6 Å². The summed E-state index contributed by atoms with van der Waals surface area (Å²) >= 11 is 0.856. The topological polar surface area (TPSA) is 66.9 Å². The number of rotatable bonds is 4. The summed E-state index contributed by atoms with van der Waals surface area (Å²) in [6.45, 7) is 8.23. The van der Waals surface area contributed by atoms with Crippen molar-refractivity contribution in [1.82, 2.24) is 4.90 Å². The van der Waals surface area contributed by atoms with Gasteiger partial charge in [-0.3, -0.25) is 19.3 Å². The van der Waals surface area contributed by atoms with Gasteiger partial charge in [0.2, 0.25) is 0 Å². The third-order valence-electron chi connectivity index (χ3n) is 5.42. The third-order valence-corrected chi connectivity index (χ3v) is 6.33. The number of thioether (sulfide) groups is 1. The molecule has 0 radical (unpaired) electrons. The van der Waals surface area contributed by atoms with E-state index in [1.165, 1.54) is 11.3 Å². The molecule has 0 bridgehead atoms. The molecule has 150 valence electrons. The van der Waals surface area contributed by atoms with Crippen LogP contribution < -0.4 is 4.90 Å². The van der Waals surface area contributed by atoms with Gasteiger partial charge >= 0.3 is 5.97 Å². The van der Waals surface area contributed by atoms with Crippen LogP contribution in [0.4, 0.5) is 10.5 Å². The molecule has 1 aromatic rings. The number of hydrogen-bond acceptors (Lipinski definition) is 6. The molecule has 1 saturated heterocycles. The number of amides is 2. The van der Waals surface area contributed by atoms with Crippen LogP contribution in [-0.4, -0.2) is 47.8 Å². The first-order chi connectivity index (χ1) is 13.1. The van der Waals surface area contributed by atoms with Gasteiger partial charge in [0.25, 0.3) is 11.1 Å². The third kappa shape index (κ3) is 3.81. The lowest BCUT2D eigenvalue weighted by Crippen LogP contribution is -2.45. The summed E-state index contributed by atoms with van der Waals surface area (Å²) in [7, 11) is 2.10. The first-order valence-corrected chi connectivity index (χ1v) is 10.2. The summed E-state index contributed by atoms with van der Waals surface area (Å²) in [5.74, 6) is -0.639. The zero-order valence-corrected chi connectivity index (χ0v) is 17.8. The molecule has 1 unspecified atom stereocenters. The lowest BCUT2D eigenvalue weighted by molar-refractivity contribution is -0.145. The molecular formula is C21H26N2O4S. The molecule has 1 atom stereocenters. The Morgan fingerprint density at radius 1 is 1.36 bits per heavy atom. The first kappa shape index (κ1) is 20.5. The Hall–Kier alpha value is -2.28. The Kier molecular flexibility index (Phi) is 5.57. The maximum atomic E-state index is 12.6. The Morgan fingerprint density at radius 3 is 2.75 bits per heavy atom. The molecule has 0 saturated carbocycles. The lowest BCUT2D eigenvalue weighted by atomic mass is 9.80. The highest BCUT2D eigenvalue weighted by Crippen LogP contribution is 2.43. The molecule has 2 heterocycles. The first-order valence-electron chi connectivity index (χ1n) is 9.43. The summed E-state index contributed by atoms with van der Waals surface area (Å²) in [6.07, 6.45) is 2.76. The molecule has 0 aromatic heterocycles. The van der Waals surface area contributed by atoms with Crippen LogP contribution in [0.5, 0.6) is 0 Å². The zero-order chi connectivity index (χ0) is 20.6. The largest absolute Gasteiger partial charge is 0.465 e. The van der Waals surface area contributed by atoms with Gasteiger partial charge in [0.05, 0.1) is 11.5 Å². The number of anilines is 1. The van der Waals surface area contributed by atoms with Crippen LogP contribution in [0.25, 0.3) is 6.08 Å². The van der Waals surface area contributed by atoms with Crippen molar-refractivity contribution < 1.29 is 19.1 Å². The SMILES string of the molecule is CCOC(=O)CN1C(=O)S/C(=C/c2ccc3c(c2)C(C)CC(C)(C)N3C)C1=O. The number of imide groups is 1. The Labute approximate surface area is 169 Å². The standard InChI is InChI=1S/C21H26N2O4S/c1-6-27-18(24)12-23-19(25)17(28-20(23)26)10-14-7-8-16-15(9-14)13(2)11-21(3,4)22(16)5/h7-10,13H,6,11-12H2,1-5H3/b17-10+. The molecular weight excluding hydrogens is 376 g/mol. The minimum Gasteiger partial charge on any atom is -0.465 e. The zero-order valence-electron chi connectivity index (χ0n) is 16.9. The average molecular weight is 403 g/mol. The van der Waals surface area contributed by atoms with Crippen molar-refractivity contribution in [2.75, 3.05) is 25.1 Å². The molecule has 2 amide bonds. The second-order valence-electron chi connectivity index (χ2n) is 7.87. The van der Waals surface area contributed by atoms with Gasteiger partial charge in [0, 0.05) is 18.3 Å². The number of esters is 1. The predicted octanol–water partition coefficient (Wildman–Crippen LogP) is 4.01. The van der Waals surface area contributed by atoms with Gasteiger partial charge in [-0.05, 0) is 74.2 Å². The van der Waals surface area contributed by atoms with Gasteiger partial charge in [-0.1, -0.05) is 13.0 Å². The lowest BCUT2D eigenvalue weighted by Gasteiger charge is -2.45. The molecule has 0 N–H and O–H groups in total. The van der Waals surface area contributed by atoms with E-state index in [9.17, 15) is 14.4 Å². The molecule has 1 fully saturated rings. The van der Waals surface area contributed by atoms with E-state index in [2.05, 4.69) is 44.9 Å². The highest BCUT2D eigenvalue weighted by Gasteiger charge is 2.37. The van der Waals surface area contributed by atoms with Crippen LogP contribution in [0.2, 0.25) is 0 Å². The quantitative estimate of drug-likeness (QED) is 0.560. The average Bonchev–Trinajstić information content (AvgIpc) is 2.87. The molecule has 6 nitrogen and oxygen atoms in total. The fourth-order valence-electron chi connectivity index (χ4n) is 3.81. The van der Waals surface area contributed by atoms with E-state index in [4.69, 9.17) is 4.74 Å². The predicted molar refractivity (Wildman–Crippen MR) is 111 cm³/mol. The molecule has 0 spiro atoms. The van der Waals surface area contributed by atoms with E-state index in [0.29, 0.717) is 10.8 Å². The number of benzene rings is 1. The van der Waals surface area contributed by atoms with Gasteiger partial charge < -0.3 is 9.64 Å². The van der Waals surface area contributed by atoms with Gasteiger partial charge in [0.1, 0.15) is 6.54 Å². The van der Waals surface area contributed by atoms with E-state index in [0.717, 1.165) is 28.6 Å². The van der Waals surface area contributed by atoms with E-state index in [-0.39, 0.29) is 18.7 Å². The van der Waals surface area contributed by atoms with Gasteiger partial charge in [-0.15, -0.1) is 0 Å². The molecule has 1 aromatic carbocycles. The van der Waals surface area contributed by atoms with Crippen LogP contribution in [-0.2, 0) is 14.3 Å². The Bertz CT molecular complexity index is 862. The maximum absolute atomic E-state index is 12.6. The molecule has 2 aliphatic rings. The molecule has 2 aliphatic heterocycles. The van der Waals surface area contributed by atoms with Crippen molar-refractivity contribution in [2.24, 2.45) is 0 Å². The van der Waals surface area contributed by atoms with Crippen LogP contribution >= 0.6 is 11.8 Å². The summed E-state index contributed by atoms with van der Waals surface area (Å²) < 4.78 is 4.84. The molecule has 28 heavy (non-hydrogen) atoms. The number of carbonyl (C=O) groups is 3. The number of ether oxygens (including phenoxy) is 1. The van der Waals surface area contributed by atoms with Crippen molar-refractivity contribution in [2.45, 2.75) is 45.6 Å². The van der Waals surface area contributed by atoms with E-state index in [1.807, 2.05) is 6.07 Å². The molecule has 7 heteroatoms. The van der Waals surface area contributed by atoms with Crippen LogP contribution in [0, 0.1) is 0 Å². The van der Waals surface area contributed by atoms with Crippen molar-refractivity contribution in [3.05, 3.63) is 34.2 Å². The van der Waals surface area contributed by atoms with Crippen molar-refractivity contribution in [1.29, 1.82) is 0 Å². The molecule has 3 rings (SSSR count). The molecule has 0 aliphatic carbocycles. The number of hydrogen-bond donors (Lipinski definition) is 0. The summed E-state index contributed by atoms with van der Waals surface area (Å²) in [5, 5.41) is -0.447. The van der Waals surface area contributed by atoms with Gasteiger partial charge in [-0.25, -0.2) is 0 Å². The fraction of sp³-hybridized carbons (Fsp3) is 0.476. The van der Waals surface area contributed by atoms with Crippen LogP contribution in [0.15, 0.2) is 23.1 Å².